The highest BCUT2D eigenvalue weighted by Crippen LogP contribution is 2.24. The van der Waals surface area contributed by atoms with E-state index >= 15 is 0 Å². The van der Waals surface area contributed by atoms with E-state index in [0.29, 0.717) is 5.92 Å². The van der Waals surface area contributed by atoms with Crippen LogP contribution < -0.4 is 10.2 Å². The molecule has 2 heterocycles. The van der Waals surface area contributed by atoms with E-state index in [-0.39, 0.29) is 0 Å². The van der Waals surface area contributed by atoms with Crippen LogP contribution in [0.1, 0.15) is 25.3 Å². The molecular weight excluding hydrogens is 240 g/mol. The van der Waals surface area contributed by atoms with Crippen LogP contribution in [-0.2, 0) is 11.2 Å². The second-order valence-electron chi connectivity index (χ2n) is 5.09. The lowest BCUT2D eigenvalue weighted by Gasteiger charge is -2.29. The maximum atomic E-state index is 5.55. The number of hydrogen-bond donors (Lipinski definition) is 1. The number of rotatable bonds is 5. The van der Waals surface area contributed by atoms with E-state index in [9.17, 15) is 0 Å². The Balaban J connectivity index is 2.11. The summed E-state index contributed by atoms with van der Waals surface area (Å²) in [6.45, 7) is 4.92. The molecule has 0 saturated carbocycles. The summed E-state index contributed by atoms with van der Waals surface area (Å²) in [5.41, 5.74) is 1.18. The molecule has 1 aliphatic heterocycles. The third-order valence-corrected chi connectivity index (χ3v) is 3.66. The van der Waals surface area contributed by atoms with Gasteiger partial charge in [0.2, 0.25) is 0 Å². The minimum Gasteiger partial charge on any atom is -0.381 e. The summed E-state index contributed by atoms with van der Waals surface area (Å²) in [5, 5.41) is 3.14. The first-order chi connectivity index (χ1) is 9.26. The molecule has 1 aromatic heterocycles. The number of ether oxygens (including phenoxy) is 1. The molecule has 2 rings (SSSR count). The first-order valence-electron chi connectivity index (χ1n) is 7.06. The average molecular weight is 264 g/mol. The van der Waals surface area contributed by atoms with Crippen molar-refractivity contribution in [1.29, 1.82) is 0 Å². The SMILES string of the molecule is CCc1c(NC)ncnc1N(C)CC1CCCOC1. The molecule has 1 aromatic rings. The van der Waals surface area contributed by atoms with Crippen molar-refractivity contribution in [2.45, 2.75) is 26.2 Å². The van der Waals surface area contributed by atoms with Crippen LogP contribution >= 0.6 is 0 Å². The molecule has 1 unspecified atom stereocenters. The second kappa shape index (κ2) is 6.70. The van der Waals surface area contributed by atoms with Gasteiger partial charge in [-0.3, -0.25) is 0 Å². The fraction of sp³-hybridized carbons (Fsp3) is 0.714. The summed E-state index contributed by atoms with van der Waals surface area (Å²) in [6, 6.07) is 0. The van der Waals surface area contributed by atoms with Crippen LogP contribution in [-0.4, -0.2) is 43.8 Å². The summed E-state index contributed by atoms with van der Waals surface area (Å²) in [6.07, 6.45) is 4.98. The Labute approximate surface area is 115 Å². The lowest BCUT2D eigenvalue weighted by Crippen LogP contribution is -2.32. The molecule has 0 amide bonds. The zero-order valence-electron chi connectivity index (χ0n) is 12.1. The molecule has 0 spiro atoms. The number of anilines is 2. The quantitative estimate of drug-likeness (QED) is 0.881. The molecule has 5 heteroatoms. The van der Waals surface area contributed by atoms with Gasteiger partial charge in [-0.2, -0.15) is 0 Å². The normalized spacial score (nSPS) is 19.2. The third-order valence-electron chi connectivity index (χ3n) is 3.66. The molecule has 1 fully saturated rings. The summed E-state index contributed by atoms with van der Waals surface area (Å²) < 4.78 is 5.55. The first kappa shape index (κ1) is 14.1. The van der Waals surface area contributed by atoms with Gasteiger partial charge in [0.05, 0.1) is 6.61 Å². The minimum atomic E-state index is 0.608. The maximum Gasteiger partial charge on any atom is 0.137 e. The largest absolute Gasteiger partial charge is 0.381 e. The van der Waals surface area contributed by atoms with Crippen LogP contribution in [0.25, 0.3) is 0 Å². The molecule has 19 heavy (non-hydrogen) atoms. The van der Waals surface area contributed by atoms with Crippen molar-refractivity contribution in [2.24, 2.45) is 5.92 Å². The molecule has 0 aliphatic carbocycles. The Bertz CT molecular complexity index is 404. The van der Waals surface area contributed by atoms with E-state index in [1.165, 1.54) is 18.4 Å². The van der Waals surface area contributed by atoms with Crippen LogP contribution in [0, 0.1) is 5.92 Å². The van der Waals surface area contributed by atoms with Gasteiger partial charge in [-0.1, -0.05) is 6.92 Å². The minimum absolute atomic E-state index is 0.608. The predicted octanol–water partition coefficient (Wildman–Crippen LogP) is 1.94. The van der Waals surface area contributed by atoms with Gasteiger partial charge in [-0.25, -0.2) is 9.97 Å². The van der Waals surface area contributed by atoms with Crippen molar-refractivity contribution in [3.8, 4) is 0 Å². The third kappa shape index (κ3) is 3.35. The van der Waals surface area contributed by atoms with Gasteiger partial charge in [-0.15, -0.1) is 0 Å². The fourth-order valence-electron chi connectivity index (χ4n) is 2.70. The van der Waals surface area contributed by atoms with Crippen molar-refractivity contribution in [3.05, 3.63) is 11.9 Å². The summed E-state index contributed by atoms with van der Waals surface area (Å²) in [7, 11) is 4.01. The molecule has 0 bridgehead atoms. The van der Waals surface area contributed by atoms with Crippen molar-refractivity contribution >= 4 is 11.6 Å². The van der Waals surface area contributed by atoms with Crippen LogP contribution in [0.3, 0.4) is 0 Å². The molecule has 1 atom stereocenters. The maximum absolute atomic E-state index is 5.55. The molecule has 5 nitrogen and oxygen atoms in total. The van der Waals surface area contributed by atoms with Gasteiger partial charge in [0, 0.05) is 32.8 Å². The Kier molecular flexibility index (Phi) is 4.96. The molecular formula is C14H24N4O. The second-order valence-corrected chi connectivity index (χ2v) is 5.09. The van der Waals surface area contributed by atoms with Gasteiger partial charge in [0.15, 0.2) is 0 Å². The van der Waals surface area contributed by atoms with Gasteiger partial charge in [0.1, 0.15) is 18.0 Å². The van der Waals surface area contributed by atoms with Crippen LogP contribution in [0.15, 0.2) is 6.33 Å². The van der Waals surface area contributed by atoms with E-state index in [1.54, 1.807) is 6.33 Å². The molecule has 1 aliphatic rings. The fourth-order valence-corrected chi connectivity index (χ4v) is 2.70. The Morgan fingerprint density at radius 1 is 1.47 bits per heavy atom. The molecule has 0 radical (unpaired) electrons. The van der Waals surface area contributed by atoms with Crippen molar-refractivity contribution in [3.63, 3.8) is 0 Å². The lowest BCUT2D eigenvalue weighted by atomic mass is 10.0. The lowest BCUT2D eigenvalue weighted by molar-refractivity contribution is 0.0576. The van der Waals surface area contributed by atoms with E-state index in [2.05, 4.69) is 34.2 Å². The number of aromatic nitrogens is 2. The van der Waals surface area contributed by atoms with Gasteiger partial charge in [-0.05, 0) is 25.2 Å². The highest BCUT2D eigenvalue weighted by Gasteiger charge is 2.19. The molecule has 106 valence electrons. The van der Waals surface area contributed by atoms with Crippen LogP contribution in [0.2, 0.25) is 0 Å². The Morgan fingerprint density at radius 2 is 2.32 bits per heavy atom. The van der Waals surface area contributed by atoms with Crippen molar-refractivity contribution in [2.75, 3.05) is 44.1 Å². The van der Waals surface area contributed by atoms with Crippen LogP contribution in [0.5, 0.6) is 0 Å². The van der Waals surface area contributed by atoms with Gasteiger partial charge >= 0.3 is 0 Å². The van der Waals surface area contributed by atoms with E-state index < -0.39 is 0 Å². The van der Waals surface area contributed by atoms with Crippen molar-refractivity contribution in [1.82, 2.24) is 9.97 Å². The summed E-state index contributed by atoms with van der Waals surface area (Å²) in [4.78, 5) is 11.0. The van der Waals surface area contributed by atoms with Crippen LogP contribution in [0.4, 0.5) is 11.6 Å². The molecule has 1 saturated heterocycles. The molecule has 1 N–H and O–H groups in total. The summed E-state index contributed by atoms with van der Waals surface area (Å²) in [5.74, 6) is 2.57. The monoisotopic (exact) mass is 264 g/mol. The average Bonchev–Trinajstić information content (AvgIpc) is 2.47. The van der Waals surface area contributed by atoms with Gasteiger partial charge in [0.25, 0.3) is 0 Å². The van der Waals surface area contributed by atoms with E-state index in [0.717, 1.165) is 37.8 Å². The van der Waals surface area contributed by atoms with Crippen molar-refractivity contribution < 1.29 is 4.74 Å². The number of nitrogens with one attached hydrogen (secondary N) is 1. The zero-order chi connectivity index (χ0) is 13.7. The highest BCUT2D eigenvalue weighted by molar-refractivity contribution is 5.58. The van der Waals surface area contributed by atoms with Gasteiger partial charge < -0.3 is 15.0 Å². The molecule has 0 aromatic carbocycles. The summed E-state index contributed by atoms with van der Waals surface area (Å²) >= 11 is 0. The standard InChI is InChI=1S/C14H24N4O/c1-4-12-13(15-2)16-10-17-14(12)18(3)8-11-6-5-7-19-9-11/h10-11H,4-9H2,1-3H3,(H,15,16,17). The van der Waals surface area contributed by atoms with E-state index in [1.807, 2.05) is 7.05 Å². The first-order valence-corrected chi connectivity index (χ1v) is 7.06. The topological polar surface area (TPSA) is 50.3 Å². The van der Waals surface area contributed by atoms with E-state index in [4.69, 9.17) is 4.74 Å². The smallest absolute Gasteiger partial charge is 0.137 e. The Morgan fingerprint density at radius 3 is 2.95 bits per heavy atom. The number of nitrogens with zero attached hydrogens (tertiary/aromatic N) is 3. The number of hydrogen-bond acceptors (Lipinski definition) is 5. The zero-order valence-corrected chi connectivity index (χ0v) is 12.1. The highest BCUT2D eigenvalue weighted by atomic mass is 16.5. The predicted molar refractivity (Wildman–Crippen MR) is 77.8 cm³/mol. The Hall–Kier alpha value is -1.36.